The van der Waals surface area contributed by atoms with Crippen LogP contribution in [0, 0.1) is 0 Å². The molecule has 4 N–H and O–H groups in total. The van der Waals surface area contributed by atoms with Crippen molar-refractivity contribution in [2.75, 3.05) is 24.5 Å². The highest BCUT2D eigenvalue weighted by Crippen LogP contribution is 2.19. The van der Waals surface area contributed by atoms with E-state index in [1.54, 1.807) is 7.05 Å². The Bertz CT molecular complexity index is 551. The summed E-state index contributed by atoms with van der Waals surface area (Å²) in [4.78, 5) is 7.18. The Kier molecular flexibility index (Phi) is 3.12. The van der Waals surface area contributed by atoms with Crippen molar-refractivity contribution in [2.24, 2.45) is 0 Å². The second-order valence-electron chi connectivity index (χ2n) is 3.52. The number of aromatic nitrogens is 2. The third-order valence-corrected chi connectivity index (χ3v) is 2.57. The van der Waals surface area contributed by atoms with Crippen molar-refractivity contribution in [1.82, 2.24) is 15.3 Å². The van der Waals surface area contributed by atoms with E-state index in [0.717, 1.165) is 21.8 Å². The fourth-order valence-electron chi connectivity index (χ4n) is 1.42. The first-order valence-corrected chi connectivity index (χ1v) is 5.42. The molecule has 0 unspecified atom stereocenters. The average Bonchev–Trinajstić information content (AvgIpc) is 2.72. The number of hydrogen-bond donors (Lipinski definition) is 4. The monoisotopic (exact) mass is 251 g/mol. The molecule has 1 heterocycles. The van der Waals surface area contributed by atoms with Crippen molar-refractivity contribution in [1.29, 1.82) is 0 Å². The number of hydroxylamine groups is 1. The number of nitrogens with one attached hydrogen (secondary N) is 3. The molecule has 0 spiro atoms. The van der Waals surface area contributed by atoms with Crippen molar-refractivity contribution in [3.63, 3.8) is 0 Å². The minimum atomic E-state index is 0.397. The molecule has 0 aliphatic rings. The highest BCUT2D eigenvalue weighted by atomic mass is 32.1. The number of fused-ring (bicyclic) bond motifs is 1. The zero-order chi connectivity index (χ0) is 12.4. The lowest BCUT2D eigenvalue weighted by Crippen LogP contribution is -2.23. The van der Waals surface area contributed by atoms with Gasteiger partial charge in [-0.2, -0.15) is 0 Å². The van der Waals surface area contributed by atoms with Gasteiger partial charge in [0.25, 0.3) is 0 Å². The van der Waals surface area contributed by atoms with Crippen LogP contribution < -0.4 is 15.7 Å². The highest BCUT2D eigenvalue weighted by molar-refractivity contribution is 7.80. The fraction of sp³-hybridized carbons (Fsp3) is 0.200. The van der Waals surface area contributed by atoms with Crippen LogP contribution >= 0.6 is 12.2 Å². The average molecular weight is 251 g/mol. The summed E-state index contributed by atoms with van der Waals surface area (Å²) in [6, 6.07) is 5.59. The van der Waals surface area contributed by atoms with E-state index in [0.29, 0.717) is 11.1 Å². The number of imidazole rings is 1. The van der Waals surface area contributed by atoms with E-state index in [1.165, 1.54) is 7.05 Å². The SMILES string of the molecule is CNC(=S)Nc1ccc2nc(N(C)O)[nH]c2c1. The fourth-order valence-corrected chi connectivity index (χ4v) is 1.54. The molecule has 1 aromatic heterocycles. The molecule has 0 saturated heterocycles. The summed E-state index contributed by atoms with van der Waals surface area (Å²) in [5, 5.41) is 16.6. The number of anilines is 2. The molecule has 0 amide bonds. The van der Waals surface area contributed by atoms with Crippen molar-refractivity contribution >= 4 is 40.0 Å². The third-order valence-electron chi connectivity index (χ3n) is 2.26. The molecular weight excluding hydrogens is 238 g/mol. The molecule has 90 valence electrons. The van der Waals surface area contributed by atoms with Gasteiger partial charge in [-0.3, -0.25) is 5.21 Å². The third kappa shape index (κ3) is 2.45. The first-order valence-electron chi connectivity index (χ1n) is 5.01. The highest BCUT2D eigenvalue weighted by Gasteiger charge is 2.06. The lowest BCUT2D eigenvalue weighted by Gasteiger charge is -2.06. The quantitative estimate of drug-likeness (QED) is 0.476. The van der Waals surface area contributed by atoms with E-state index in [1.807, 2.05) is 18.2 Å². The van der Waals surface area contributed by atoms with Gasteiger partial charge in [0.2, 0.25) is 5.95 Å². The summed E-state index contributed by atoms with van der Waals surface area (Å²) < 4.78 is 0. The Morgan fingerprint density at radius 2 is 2.29 bits per heavy atom. The number of thiocarbonyl (C=S) groups is 1. The van der Waals surface area contributed by atoms with Crippen molar-refractivity contribution in [3.8, 4) is 0 Å². The van der Waals surface area contributed by atoms with Crippen LogP contribution in [0.4, 0.5) is 11.6 Å². The first-order chi connectivity index (χ1) is 8.10. The van der Waals surface area contributed by atoms with Crippen molar-refractivity contribution < 1.29 is 5.21 Å². The minimum Gasteiger partial charge on any atom is -0.366 e. The standard InChI is InChI=1S/C10H13N5OS/c1-11-10(17)12-6-3-4-7-8(5-6)14-9(13-7)15(2)16/h3-5,16H,1-2H3,(H,13,14)(H2,11,12,17). The first kappa shape index (κ1) is 11.6. The van der Waals surface area contributed by atoms with E-state index in [2.05, 4.69) is 20.6 Å². The maximum atomic E-state index is 9.27. The van der Waals surface area contributed by atoms with Gasteiger partial charge in [-0.1, -0.05) is 0 Å². The summed E-state index contributed by atoms with van der Waals surface area (Å²) in [7, 11) is 3.26. The molecule has 2 aromatic rings. The largest absolute Gasteiger partial charge is 0.366 e. The summed E-state index contributed by atoms with van der Waals surface area (Å²) in [6.45, 7) is 0. The van der Waals surface area contributed by atoms with Gasteiger partial charge in [-0.25, -0.2) is 10.0 Å². The molecule has 0 bridgehead atoms. The Hall–Kier alpha value is -1.86. The van der Waals surface area contributed by atoms with E-state index in [9.17, 15) is 5.21 Å². The van der Waals surface area contributed by atoms with Gasteiger partial charge in [0, 0.05) is 19.8 Å². The molecule has 2 rings (SSSR count). The van der Waals surface area contributed by atoms with E-state index < -0.39 is 0 Å². The zero-order valence-corrected chi connectivity index (χ0v) is 10.3. The van der Waals surface area contributed by atoms with Gasteiger partial charge in [-0.15, -0.1) is 0 Å². The molecule has 0 saturated carbocycles. The molecule has 0 atom stereocenters. The maximum Gasteiger partial charge on any atom is 0.227 e. The van der Waals surface area contributed by atoms with Crippen LogP contribution in [0.25, 0.3) is 11.0 Å². The number of benzene rings is 1. The van der Waals surface area contributed by atoms with Gasteiger partial charge in [0.1, 0.15) is 0 Å². The van der Waals surface area contributed by atoms with Gasteiger partial charge < -0.3 is 15.6 Å². The number of hydrogen-bond acceptors (Lipinski definition) is 4. The molecule has 0 radical (unpaired) electrons. The van der Waals surface area contributed by atoms with Gasteiger partial charge in [0.05, 0.1) is 11.0 Å². The van der Waals surface area contributed by atoms with Gasteiger partial charge in [-0.05, 0) is 30.4 Å². The molecule has 1 aromatic carbocycles. The van der Waals surface area contributed by atoms with Gasteiger partial charge in [0.15, 0.2) is 5.11 Å². The van der Waals surface area contributed by atoms with Crippen LogP contribution in [0.3, 0.4) is 0 Å². The number of aromatic amines is 1. The second kappa shape index (κ2) is 4.56. The molecule has 0 aliphatic carbocycles. The molecule has 0 aliphatic heterocycles. The van der Waals surface area contributed by atoms with E-state index >= 15 is 0 Å². The number of nitrogens with zero attached hydrogens (tertiary/aromatic N) is 2. The summed E-state index contributed by atoms with van der Waals surface area (Å²) in [6.07, 6.45) is 0. The maximum absolute atomic E-state index is 9.27. The normalized spacial score (nSPS) is 10.3. The minimum absolute atomic E-state index is 0.397. The van der Waals surface area contributed by atoms with Crippen LogP contribution in [0.1, 0.15) is 0 Å². The predicted octanol–water partition coefficient (Wildman–Crippen LogP) is 1.30. The van der Waals surface area contributed by atoms with E-state index in [-0.39, 0.29) is 0 Å². The summed E-state index contributed by atoms with van der Waals surface area (Å²) in [5.41, 5.74) is 2.46. The van der Waals surface area contributed by atoms with E-state index in [4.69, 9.17) is 12.2 Å². The molecular formula is C10H13N5OS. The number of H-pyrrole nitrogens is 1. The van der Waals surface area contributed by atoms with Crippen molar-refractivity contribution in [3.05, 3.63) is 18.2 Å². The zero-order valence-electron chi connectivity index (χ0n) is 9.48. The van der Waals surface area contributed by atoms with Crippen LogP contribution in [0.2, 0.25) is 0 Å². The smallest absolute Gasteiger partial charge is 0.227 e. The lowest BCUT2D eigenvalue weighted by atomic mass is 10.3. The topological polar surface area (TPSA) is 76.2 Å². The number of rotatable bonds is 2. The Balaban J connectivity index is 2.33. The molecule has 0 fully saturated rings. The summed E-state index contributed by atoms with van der Waals surface area (Å²) >= 11 is 5.01. The Morgan fingerprint density at radius 3 is 2.94 bits per heavy atom. The van der Waals surface area contributed by atoms with Crippen molar-refractivity contribution in [2.45, 2.75) is 0 Å². The predicted molar refractivity (Wildman–Crippen MR) is 71.6 cm³/mol. The van der Waals surface area contributed by atoms with Crippen LogP contribution in [0.5, 0.6) is 0 Å². The molecule has 6 nitrogen and oxygen atoms in total. The van der Waals surface area contributed by atoms with Crippen LogP contribution in [-0.2, 0) is 0 Å². The molecule has 17 heavy (non-hydrogen) atoms. The summed E-state index contributed by atoms with van der Waals surface area (Å²) in [5.74, 6) is 0.397. The Labute approximate surface area is 104 Å². The van der Waals surface area contributed by atoms with Crippen LogP contribution in [0.15, 0.2) is 18.2 Å². The van der Waals surface area contributed by atoms with Crippen LogP contribution in [-0.4, -0.2) is 34.4 Å². The van der Waals surface area contributed by atoms with Gasteiger partial charge >= 0.3 is 0 Å². The second-order valence-corrected chi connectivity index (χ2v) is 3.93. The lowest BCUT2D eigenvalue weighted by molar-refractivity contribution is 0.273. The Morgan fingerprint density at radius 1 is 1.53 bits per heavy atom. The molecule has 7 heteroatoms.